The monoisotopic (exact) mass is 341 g/mol. The van der Waals surface area contributed by atoms with Crippen molar-refractivity contribution in [3.05, 3.63) is 65.4 Å². The maximum Gasteiger partial charge on any atom is 0.354 e. The third-order valence-corrected chi connectivity index (χ3v) is 3.32. The van der Waals surface area contributed by atoms with E-state index in [1.807, 2.05) is 0 Å². The van der Waals surface area contributed by atoms with Crippen LogP contribution in [-0.2, 0) is 9.53 Å². The predicted molar refractivity (Wildman–Crippen MR) is 93.2 cm³/mol. The van der Waals surface area contributed by atoms with E-state index < -0.39 is 11.9 Å². The fourth-order valence-electron chi connectivity index (χ4n) is 2.07. The number of carbonyl (C=O) groups excluding carboxylic acids is 2. The van der Waals surface area contributed by atoms with Gasteiger partial charge in [-0.2, -0.15) is 0 Å². The first-order valence-electron chi connectivity index (χ1n) is 7.67. The van der Waals surface area contributed by atoms with E-state index in [4.69, 9.17) is 9.47 Å². The molecule has 0 heterocycles. The zero-order valence-electron chi connectivity index (χ0n) is 14.0. The normalized spacial score (nSPS) is 10.9. The van der Waals surface area contributed by atoms with Crippen LogP contribution in [0.1, 0.15) is 22.8 Å². The molecule has 0 saturated heterocycles. The third kappa shape index (κ3) is 4.84. The van der Waals surface area contributed by atoms with E-state index in [0.29, 0.717) is 16.9 Å². The largest absolute Gasteiger partial charge is 0.507 e. The lowest BCUT2D eigenvalue weighted by Crippen LogP contribution is -2.28. The van der Waals surface area contributed by atoms with Gasteiger partial charge in [-0.1, -0.05) is 18.2 Å². The van der Waals surface area contributed by atoms with Gasteiger partial charge in [0.05, 0.1) is 13.7 Å². The van der Waals surface area contributed by atoms with Crippen LogP contribution in [0.2, 0.25) is 0 Å². The Balaban J connectivity index is 2.32. The van der Waals surface area contributed by atoms with Gasteiger partial charge in [-0.3, -0.25) is 4.79 Å². The molecule has 0 aliphatic heterocycles. The number of hydrogen-bond acceptors (Lipinski definition) is 5. The van der Waals surface area contributed by atoms with E-state index in [2.05, 4.69) is 5.32 Å². The number of benzene rings is 2. The number of phenolic OH excluding ortho intramolecular Hbond substituents is 1. The first kappa shape index (κ1) is 18.1. The number of carbonyl (C=O) groups is 2. The van der Waals surface area contributed by atoms with Gasteiger partial charge in [0.25, 0.3) is 5.91 Å². The van der Waals surface area contributed by atoms with Crippen LogP contribution < -0.4 is 10.1 Å². The van der Waals surface area contributed by atoms with E-state index in [-0.39, 0.29) is 18.1 Å². The average molecular weight is 341 g/mol. The summed E-state index contributed by atoms with van der Waals surface area (Å²) in [5.74, 6) is -0.759. The van der Waals surface area contributed by atoms with Gasteiger partial charge in [0, 0.05) is 17.2 Å². The molecule has 1 amide bonds. The van der Waals surface area contributed by atoms with Gasteiger partial charge in [0.1, 0.15) is 17.2 Å². The average Bonchev–Trinajstić information content (AvgIpc) is 2.63. The molecule has 0 spiro atoms. The Morgan fingerprint density at radius 1 is 1.16 bits per heavy atom. The Kier molecular flexibility index (Phi) is 6.17. The van der Waals surface area contributed by atoms with Crippen LogP contribution in [0.15, 0.2) is 54.2 Å². The maximum absolute atomic E-state index is 12.3. The molecule has 6 nitrogen and oxygen atoms in total. The summed E-state index contributed by atoms with van der Waals surface area (Å²) in [5, 5.41) is 12.6. The fourth-order valence-corrected chi connectivity index (χ4v) is 2.07. The second kappa shape index (κ2) is 8.54. The molecule has 0 aliphatic rings. The lowest BCUT2D eigenvalue weighted by molar-refractivity contribution is -0.138. The number of aromatic hydroxyl groups is 1. The number of rotatable bonds is 6. The summed E-state index contributed by atoms with van der Waals surface area (Å²) in [5.41, 5.74) is 0.671. The van der Waals surface area contributed by atoms with Crippen LogP contribution in [0.5, 0.6) is 11.5 Å². The van der Waals surface area contributed by atoms with Crippen LogP contribution in [-0.4, -0.2) is 30.7 Å². The molecule has 0 atom stereocenters. The maximum atomic E-state index is 12.3. The molecule has 0 bridgehead atoms. The molecule has 130 valence electrons. The number of nitrogens with one attached hydrogen (secondary N) is 1. The van der Waals surface area contributed by atoms with Crippen LogP contribution in [0, 0.1) is 0 Å². The van der Waals surface area contributed by atoms with Gasteiger partial charge in [-0.15, -0.1) is 0 Å². The van der Waals surface area contributed by atoms with Crippen LogP contribution in [0.4, 0.5) is 0 Å². The van der Waals surface area contributed by atoms with Crippen molar-refractivity contribution in [1.29, 1.82) is 0 Å². The second-order valence-electron chi connectivity index (χ2n) is 5.02. The molecular formula is C19H19NO5. The molecule has 0 unspecified atom stereocenters. The molecular weight excluding hydrogens is 322 g/mol. The SMILES string of the molecule is CCOC(=O)/C(=C/c1ccc(OC)cc1O)NC(=O)c1ccccc1. The highest BCUT2D eigenvalue weighted by Gasteiger charge is 2.16. The van der Waals surface area contributed by atoms with Crippen molar-refractivity contribution >= 4 is 18.0 Å². The summed E-state index contributed by atoms with van der Waals surface area (Å²) in [7, 11) is 1.48. The van der Waals surface area contributed by atoms with E-state index in [9.17, 15) is 14.7 Å². The first-order valence-corrected chi connectivity index (χ1v) is 7.67. The third-order valence-electron chi connectivity index (χ3n) is 3.32. The van der Waals surface area contributed by atoms with Crippen molar-refractivity contribution in [2.24, 2.45) is 0 Å². The first-order chi connectivity index (χ1) is 12.0. The van der Waals surface area contributed by atoms with Crippen LogP contribution in [0.3, 0.4) is 0 Å². The van der Waals surface area contributed by atoms with Gasteiger partial charge in [0.15, 0.2) is 0 Å². The predicted octanol–water partition coefficient (Wildman–Crippen LogP) is 2.73. The van der Waals surface area contributed by atoms with Crippen molar-refractivity contribution in [3.8, 4) is 11.5 Å². The minimum absolute atomic E-state index is 0.0730. The van der Waals surface area contributed by atoms with Gasteiger partial charge < -0.3 is 19.9 Å². The summed E-state index contributed by atoms with van der Waals surface area (Å²) in [4.78, 5) is 24.4. The molecule has 6 heteroatoms. The number of esters is 1. The van der Waals surface area contributed by atoms with Crippen molar-refractivity contribution in [2.45, 2.75) is 6.92 Å². The number of hydrogen-bond donors (Lipinski definition) is 2. The Labute approximate surface area is 145 Å². The molecule has 25 heavy (non-hydrogen) atoms. The molecule has 2 aromatic rings. The summed E-state index contributed by atoms with van der Waals surface area (Å²) < 4.78 is 9.99. The second-order valence-corrected chi connectivity index (χ2v) is 5.02. The molecule has 0 saturated carbocycles. The Hall–Kier alpha value is -3.28. The number of amides is 1. The van der Waals surface area contributed by atoms with Crippen molar-refractivity contribution in [1.82, 2.24) is 5.32 Å². The number of ether oxygens (including phenoxy) is 2. The van der Waals surface area contributed by atoms with Gasteiger partial charge in [-0.25, -0.2) is 4.79 Å². The van der Waals surface area contributed by atoms with Crippen molar-refractivity contribution in [2.75, 3.05) is 13.7 Å². The zero-order valence-corrected chi connectivity index (χ0v) is 14.0. The summed E-state index contributed by atoms with van der Waals surface area (Å²) in [6, 6.07) is 13.1. The topological polar surface area (TPSA) is 84.9 Å². The Morgan fingerprint density at radius 3 is 2.48 bits per heavy atom. The smallest absolute Gasteiger partial charge is 0.354 e. The molecule has 0 aromatic heterocycles. The van der Waals surface area contributed by atoms with Gasteiger partial charge in [0.2, 0.25) is 0 Å². The zero-order chi connectivity index (χ0) is 18.2. The van der Waals surface area contributed by atoms with Crippen LogP contribution >= 0.6 is 0 Å². The van der Waals surface area contributed by atoms with Crippen LogP contribution in [0.25, 0.3) is 6.08 Å². The Morgan fingerprint density at radius 2 is 1.88 bits per heavy atom. The molecule has 0 fully saturated rings. The quantitative estimate of drug-likeness (QED) is 0.623. The van der Waals surface area contributed by atoms with Crippen molar-refractivity contribution < 1.29 is 24.2 Å². The van der Waals surface area contributed by atoms with E-state index in [1.165, 1.54) is 19.3 Å². The summed E-state index contributed by atoms with van der Waals surface area (Å²) in [6.07, 6.45) is 1.35. The van der Waals surface area contributed by atoms with E-state index >= 15 is 0 Å². The lowest BCUT2D eigenvalue weighted by Gasteiger charge is -2.10. The molecule has 0 aliphatic carbocycles. The fraction of sp³-hybridized carbons (Fsp3) is 0.158. The highest BCUT2D eigenvalue weighted by molar-refractivity contribution is 6.03. The summed E-state index contributed by atoms with van der Waals surface area (Å²) in [6.45, 7) is 1.82. The number of phenols is 1. The van der Waals surface area contributed by atoms with Gasteiger partial charge in [-0.05, 0) is 37.3 Å². The molecule has 0 radical (unpaired) electrons. The Bertz CT molecular complexity index is 784. The highest BCUT2D eigenvalue weighted by Crippen LogP contribution is 2.25. The highest BCUT2D eigenvalue weighted by atomic mass is 16.5. The van der Waals surface area contributed by atoms with Crippen molar-refractivity contribution in [3.63, 3.8) is 0 Å². The number of methoxy groups -OCH3 is 1. The standard InChI is InChI=1S/C19H19NO5/c1-3-25-19(23)16(20-18(22)13-7-5-4-6-8-13)11-14-9-10-15(24-2)12-17(14)21/h4-12,21H,3H2,1-2H3,(H,20,22)/b16-11-. The lowest BCUT2D eigenvalue weighted by atomic mass is 10.1. The summed E-state index contributed by atoms with van der Waals surface area (Å²) >= 11 is 0. The molecule has 2 rings (SSSR count). The molecule has 2 aromatic carbocycles. The van der Waals surface area contributed by atoms with Gasteiger partial charge >= 0.3 is 5.97 Å². The van der Waals surface area contributed by atoms with E-state index in [1.54, 1.807) is 49.4 Å². The molecule has 2 N–H and O–H groups in total. The van der Waals surface area contributed by atoms with E-state index in [0.717, 1.165) is 0 Å². The minimum Gasteiger partial charge on any atom is -0.507 e. The minimum atomic E-state index is -0.693.